The maximum Gasteiger partial charge on any atom is 0.240 e. The summed E-state index contributed by atoms with van der Waals surface area (Å²) in [5, 5.41) is 12.2. The fourth-order valence-corrected chi connectivity index (χ4v) is 2.31. The molecule has 1 atom stereocenters. The van der Waals surface area contributed by atoms with Crippen LogP contribution in [0.15, 0.2) is 30.3 Å². The molecule has 1 unspecified atom stereocenters. The number of hydrogen-bond donors (Lipinski definition) is 1. The van der Waals surface area contributed by atoms with Gasteiger partial charge in [0.25, 0.3) is 0 Å². The number of benzene rings is 1. The van der Waals surface area contributed by atoms with Gasteiger partial charge in [-0.25, -0.2) is 0 Å². The number of carbonyl (C=O) groups excluding carboxylic acids is 1. The highest BCUT2D eigenvalue weighted by atomic mass is 79.9. The molecule has 0 radical (unpaired) electrons. The van der Waals surface area contributed by atoms with Gasteiger partial charge in [0.15, 0.2) is 0 Å². The van der Waals surface area contributed by atoms with E-state index < -0.39 is 0 Å². The van der Waals surface area contributed by atoms with Crippen LogP contribution in [0.4, 0.5) is 5.13 Å². The fraction of sp³-hybridized carbons (Fsp3) is 0.308. The summed E-state index contributed by atoms with van der Waals surface area (Å²) in [5.74, 6) is 0.132. The van der Waals surface area contributed by atoms with E-state index in [2.05, 4.69) is 31.4 Å². The summed E-state index contributed by atoms with van der Waals surface area (Å²) in [6, 6.07) is 9.77. The SMILES string of the molecule is CC(C)C(Br)C(=O)Nc1nnc(-c2ccccc2)s1. The molecule has 0 aliphatic rings. The molecular weight excluding hydrogens is 326 g/mol. The number of nitrogens with one attached hydrogen (secondary N) is 1. The summed E-state index contributed by atoms with van der Waals surface area (Å²) in [4.78, 5) is 11.7. The Balaban J connectivity index is 2.08. The maximum atomic E-state index is 11.9. The number of nitrogens with zero attached hydrogens (tertiary/aromatic N) is 2. The second-order valence-corrected chi connectivity index (χ2v) is 6.38. The first kappa shape index (κ1) is 14.1. The molecule has 1 aromatic heterocycles. The van der Waals surface area contributed by atoms with Gasteiger partial charge in [0.1, 0.15) is 5.01 Å². The molecular formula is C13H14BrN3OS. The molecule has 0 fully saturated rings. The molecule has 0 saturated heterocycles. The molecule has 1 N–H and O–H groups in total. The Labute approximate surface area is 124 Å². The summed E-state index contributed by atoms with van der Waals surface area (Å²) >= 11 is 4.73. The number of amides is 1. The second kappa shape index (κ2) is 6.25. The van der Waals surface area contributed by atoms with Gasteiger partial charge in [0, 0.05) is 5.56 Å². The lowest BCUT2D eigenvalue weighted by Crippen LogP contribution is -2.26. The van der Waals surface area contributed by atoms with Crippen LogP contribution in [0.1, 0.15) is 13.8 Å². The summed E-state index contributed by atoms with van der Waals surface area (Å²) in [6.45, 7) is 3.96. The third kappa shape index (κ3) is 3.61. The van der Waals surface area contributed by atoms with Crippen LogP contribution in [0.3, 0.4) is 0 Å². The molecule has 1 heterocycles. The quantitative estimate of drug-likeness (QED) is 0.866. The number of halogens is 1. The van der Waals surface area contributed by atoms with Crippen molar-refractivity contribution in [2.45, 2.75) is 18.7 Å². The smallest absolute Gasteiger partial charge is 0.240 e. The van der Waals surface area contributed by atoms with Gasteiger partial charge in [-0.15, -0.1) is 10.2 Å². The molecule has 2 rings (SSSR count). The van der Waals surface area contributed by atoms with Crippen molar-refractivity contribution in [3.05, 3.63) is 30.3 Å². The third-order valence-electron chi connectivity index (χ3n) is 2.51. The maximum absolute atomic E-state index is 11.9. The first-order chi connectivity index (χ1) is 9.08. The van der Waals surface area contributed by atoms with E-state index >= 15 is 0 Å². The highest BCUT2D eigenvalue weighted by Gasteiger charge is 2.20. The van der Waals surface area contributed by atoms with Gasteiger partial charge in [-0.2, -0.15) is 0 Å². The number of anilines is 1. The minimum absolute atomic E-state index is 0.0919. The van der Waals surface area contributed by atoms with Crippen LogP contribution in [0, 0.1) is 5.92 Å². The predicted octanol–water partition coefficient (Wildman–Crippen LogP) is 3.56. The zero-order chi connectivity index (χ0) is 13.8. The zero-order valence-corrected chi connectivity index (χ0v) is 13.0. The monoisotopic (exact) mass is 339 g/mol. The molecule has 19 heavy (non-hydrogen) atoms. The third-order valence-corrected chi connectivity index (χ3v) is 4.87. The highest BCUT2D eigenvalue weighted by Crippen LogP contribution is 2.26. The zero-order valence-electron chi connectivity index (χ0n) is 10.6. The van der Waals surface area contributed by atoms with Gasteiger partial charge in [-0.1, -0.05) is 71.4 Å². The van der Waals surface area contributed by atoms with Crippen molar-refractivity contribution >= 4 is 38.3 Å². The molecule has 1 aromatic carbocycles. The Morgan fingerprint density at radius 1 is 1.26 bits per heavy atom. The molecule has 2 aromatic rings. The molecule has 1 amide bonds. The highest BCUT2D eigenvalue weighted by molar-refractivity contribution is 9.10. The molecule has 0 aliphatic heterocycles. The average molecular weight is 340 g/mol. The summed E-state index contributed by atoms with van der Waals surface area (Å²) in [7, 11) is 0. The van der Waals surface area contributed by atoms with Crippen molar-refractivity contribution in [3.8, 4) is 10.6 Å². The number of aromatic nitrogens is 2. The Bertz CT molecular complexity index is 556. The summed E-state index contributed by atoms with van der Waals surface area (Å²) < 4.78 is 0. The van der Waals surface area contributed by atoms with E-state index in [9.17, 15) is 4.79 Å². The number of alkyl halides is 1. The van der Waals surface area contributed by atoms with E-state index in [1.165, 1.54) is 11.3 Å². The van der Waals surface area contributed by atoms with Crippen molar-refractivity contribution in [1.29, 1.82) is 0 Å². The molecule has 0 spiro atoms. The van der Waals surface area contributed by atoms with Crippen molar-refractivity contribution in [2.24, 2.45) is 5.92 Å². The van der Waals surface area contributed by atoms with Crippen LogP contribution in [0.5, 0.6) is 0 Å². The van der Waals surface area contributed by atoms with Gasteiger partial charge in [-0.05, 0) is 5.92 Å². The lowest BCUT2D eigenvalue weighted by molar-refractivity contribution is -0.116. The first-order valence-corrected chi connectivity index (χ1v) is 7.65. The molecule has 0 bridgehead atoms. The van der Waals surface area contributed by atoms with Gasteiger partial charge in [-0.3, -0.25) is 10.1 Å². The molecule has 100 valence electrons. The van der Waals surface area contributed by atoms with Gasteiger partial charge in [0.2, 0.25) is 11.0 Å². The average Bonchev–Trinajstić information content (AvgIpc) is 2.87. The van der Waals surface area contributed by atoms with Gasteiger partial charge in [0.05, 0.1) is 4.83 Å². The summed E-state index contributed by atoms with van der Waals surface area (Å²) in [5.41, 5.74) is 1.000. The number of rotatable bonds is 4. The van der Waals surface area contributed by atoms with Crippen LogP contribution in [0.2, 0.25) is 0 Å². The van der Waals surface area contributed by atoms with E-state index in [4.69, 9.17) is 0 Å². The van der Waals surface area contributed by atoms with Crippen molar-refractivity contribution in [3.63, 3.8) is 0 Å². The van der Waals surface area contributed by atoms with E-state index in [0.717, 1.165) is 10.6 Å². The van der Waals surface area contributed by atoms with Crippen LogP contribution in [-0.4, -0.2) is 20.9 Å². The summed E-state index contributed by atoms with van der Waals surface area (Å²) in [6.07, 6.45) is 0. The molecule has 0 saturated carbocycles. The van der Waals surface area contributed by atoms with Crippen molar-refractivity contribution in [2.75, 3.05) is 5.32 Å². The predicted molar refractivity (Wildman–Crippen MR) is 81.5 cm³/mol. The van der Waals surface area contributed by atoms with E-state index in [1.807, 2.05) is 44.2 Å². The van der Waals surface area contributed by atoms with Crippen molar-refractivity contribution in [1.82, 2.24) is 10.2 Å². The Hall–Kier alpha value is -1.27. The normalized spacial score (nSPS) is 12.4. The first-order valence-electron chi connectivity index (χ1n) is 5.92. The topological polar surface area (TPSA) is 54.9 Å². The molecule has 4 nitrogen and oxygen atoms in total. The standard InChI is InChI=1S/C13H14BrN3OS/c1-8(2)10(14)11(18)15-13-17-16-12(19-13)9-6-4-3-5-7-9/h3-8,10H,1-2H3,(H,15,17,18). The number of carbonyl (C=O) groups is 1. The van der Waals surface area contributed by atoms with Crippen LogP contribution >= 0.6 is 27.3 Å². The lowest BCUT2D eigenvalue weighted by atomic mass is 10.1. The Morgan fingerprint density at radius 3 is 2.58 bits per heavy atom. The number of hydrogen-bond acceptors (Lipinski definition) is 4. The minimum atomic E-state index is -0.225. The molecule has 0 aliphatic carbocycles. The van der Waals surface area contributed by atoms with E-state index in [-0.39, 0.29) is 16.7 Å². The molecule has 6 heteroatoms. The largest absolute Gasteiger partial charge is 0.300 e. The van der Waals surface area contributed by atoms with Gasteiger partial charge < -0.3 is 0 Å². The van der Waals surface area contributed by atoms with E-state index in [1.54, 1.807) is 0 Å². The lowest BCUT2D eigenvalue weighted by Gasteiger charge is -2.11. The van der Waals surface area contributed by atoms with E-state index in [0.29, 0.717) is 5.13 Å². The van der Waals surface area contributed by atoms with Crippen molar-refractivity contribution < 1.29 is 4.79 Å². The fourth-order valence-electron chi connectivity index (χ4n) is 1.45. The Kier molecular flexibility index (Phi) is 4.66. The van der Waals surface area contributed by atoms with Crippen LogP contribution in [0.25, 0.3) is 10.6 Å². The van der Waals surface area contributed by atoms with Crippen LogP contribution in [-0.2, 0) is 4.79 Å². The van der Waals surface area contributed by atoms with Crippen LogP contribution < -0.4 is 5.32 Å². The second-order valence-electron chi connectivity index (χ2n) is 4.41. The van der Waals surface area contributed by atoms with Gasteiger partial charge >= 0.3 is 0 Å². The minimum Gasteiger partial charge on any atom is -0.300 e. The Morgan fingerprint density at radius 2 is 1.95 bits per heavy atom.